The van der Waals surface area contributed by atoms with Gasteiger partial charge in [-0.15, -0.1) is 0 Å². The summed E-state index contributed by atoms with van der Waals surface area (Å²) >= 11 is 0. The van der Waals surface area contributed by atoms with E-state index in [1.807, 2.05) is 38.1 Å². The average Bonchev–Trinajstić information content (AvgIpc) is 3.22. The average molecular weight is 343 g/mol. The fourth-order valence-corrected chi connectivity index (χ4v) is 4.03. The number of nitrogens with zero attached hydrogens (tertiary/aromatic N) is 3. The highest BCUT2D eigenvalue weighted by molar-refractivity contribution is 5.09. The van der Waals surface area contributed by atoms with Crippen molar-refractivity contribution in [2.45, 2.75) is 27.0 Å². The van der Waals surface area contributed by atoms with E-state index in [2.05, 4.69) is 15.0 Å². The molecule has 0 N–H and O–H groups in total. The third-order valence-corrected chi connectivity index (χ3v) is 5.24. The molecule has 0 saturated carbocycles. The molecule has 0 aromatic carbocycles. The number of fused-ring (bicyclic) bond motifs is 1. The minimum atomic E-state index is 0.0859. The van der Waals surface area contributed by atoms with Crippen LogP contribution in [0, 0.1) is 25.2 Å². The number of hydrogen-bond acceptors (Lipinski definition) is 6. The van der Waals surface area contributed by atoms with Gasteiger partial charge in [0.1, 0.15) is 5.76 Å². The highest BCUT2D eigenvalue weighted by atomic mass is 16.5. The van der Waals surface area contributed by atoms with Gasteiger partial charge < -0.3 is 14.0 Å². The van der Waals surface area contributed by atoms with Gasteiger partial charge in [0.15, 0.2) is 0 Å². The zero-order chi connectivity index (χ0) is 17.3. The van der Waals surface area contributed by atoms with Gasteiger partial charge in [-0.1, -0.05) is 11.2 Å². The monoisotopic (exact) mass is 343 g/mol. The van der Waals surface area contributed by atoms with Crippen molar-refractivity contribution >= 4 is 0 Å². The Morgan fingerprint density at radius 3 is 3.04 bits per heavy atom. The highest BCUT2D eigenvalue weighted by Gasteiger charge is 2.50. The molecule has 0 amide bonds. The number of pyridine rings is 1. The molecule has 134 valence electrons. The van der Waals surface area contributed by atoms with Crippen LogP contribution < -0.4 is 0 Å². The lowest BCUT2D eigenvalue weighted by molar-refractivity contribution is 0.0170. The standard InChI is InChI=1S/C19H25N3O3/c1-14-4-3-5-17(20-14)10-24-13-19-11-22(7-16(19)9-23-12-19)8-18-6-15(2)25-21-18/h3-6,16H,7-13H2,1-2H3/t16-,19+/m0/s1. The normalized spacial score (nSPS) is 26.2. The largest absolute Gasteiger partial charge is 0.380 e. The van der Waals surface area contributed by atoms with E-state index in [9.17, 15) is 0 Å². The first-order valence-electron chi connectivity index (χ1n) is 8.86. The van der Waals surface area contributed by atoms with E-state index in [1.165, 1.54) is 0 Å². The number of likely N-dealkylation sites (tertiary alicyclic amines) is 1. The van der Waals surface area contributed by atoms with Crippen molar-refractivity contribution in [3.8, 4) is 0 Å². The Kier molecular flexibility index (Phi) is 4.58. The summed E-state index contributed by atoms with van der Waals surface area (Å²) in [6.07, 6.45) is 0. The molecule has 4 rings (SSSR count). The second-order valence-electron chi connectivity index (χ2n) is 7.44. The quantitative estimate of drug-likeness (QED) is 0.802. The van der Waals surface area contributed by atoms with E-state index in [0.717, 1.165) is 55.7 Å². The predicted octanol–water partition coefficient (Wildman–Crippen LogP) is 2.35. The van der Waals surface area contributed by atoms with Crippen LogP contribution in [0.2, 0.25) is 0 Å². The first kappa shape index (κ1) is 16.7. The Bertz CT molecular complexity index is 732. The van der Waals surface area contributed by atoms with E-state index in [-0.39, 0.29) is 5.41 Å². The molecule has 2 atom stereocenters. The smallest absolute Gasteiger partial charge is 0.133 e. The summed E-state index contributed by atoms with van der Waals surface area (Å²) in [6, 6.07) is 8.06. The molecule has 6 nitrogen and oxygen atoms in total. The first-order valence-corrected chi connectivity index (χ1v) is 8.86. The SMILES string of the molecule is Cc1cccc(COC[C@@]23COC[C@@H]2CN(Cc2cc(C)on2)C3)n1. The minimum Gasteiger partial charge on any atom is -0.380 e. The summed E-state index contributed by atoms with van der Waals surface area (Å²) in [7, 11) is 0. The number of aryl methyl sites for hydroxylation is 2. The molecule has 0 aliphatic carbocycles. The van der Waals surface area contributed by atoms with Gasteiger partial charge in [-0.25, -0.2) is 0 Å². The molecule has 2 aromatic rings. The van der Waals surface area contributed by atoms with Crippen LogP contribution in [0.1, 0.15) is 22.8 Å². The lowest BCUT2D eigenvalue weighted by atomic mass is 9.82. The Balaban J connectivity index is 1.36. The molecule has 2 aliphatic heterocycles. The molecule has 2 fully saturated rings. The Hall–Kier alpha value is -1.76. The molecule has 2 saturated heterocycles. The molecule has 0 bridgehead atoms. The van der Waals surface area contributed by atoms with Crippen molar-refractivity contribution in [3.63, 3.8) is 0 Å². The Labute approximate surface area is 148 Å². The molecule has 2 aliphatic rings. The molecule has 0 unspecified atom stereocenters. The van der Waals surface area contributed by atoms with E-state index in [1.54, 1.807) is 0 Å². The van der Waals surface area contributed by atoms with Crippen molar-refractivity contribution < 1.29 is 14.0 Å². The summed E-state index contributed by atoms with van der Waals surface area (Å²) in [5, 5.41) is 4.12. The molecule has 25 heavy (non-hydrogen) atoms. The van der Waals surface area contributed by atoms with Crippen molar-refractivity contribution in [2.24, 2.45) is 11.3 Å². The van der Waals surface area contributed by atoms with E-state index < -0.39 is 0 Å². The topological polar surface area (TPSA) is 60.6 Å². The fourth-order valence-electron chi connectivity index (χ4n) is 4.03. The van der Waals surface area contributed by atoms with Gasteiger partial charge in [-0.2, -0.15) is 0 Å². The lowest BCUT2D eigenvalue weighted by Gasteiger charge is -2.27. The van der Waals surface area contributed by atoms with Crippen LogP contribution in [0.4, 0.5) is 0 Å². The maximum absolute atomic E-state index is 6.06. The van der Waals surface area contributed by atoms with Crippen molar-refractivity contribution in [1.82, 2.24) is 15.0 Å². The summed E-state index contributed by atoms with van der Waals surface area (Å²) in [4.78, 5) is 6.95. The van der Waals surface area contributed by atoms with Crippen LogP contribution in [-0.4, -0.2) is 48.0 Å². The molecule has 4 heterocycles. The molecule has 0 radical (unpaired) electrons. The molecule has 6 heteroatoms. The van der Waals surface area contributed by atoms with E-state index in [0.29, 0.717) is 19.1 Å². The van der Waals surface area contributed by atoms with Gasteiger partial charge >= 0.3 is 0 Å². The van der Waals surface area contributed by atoms with Crippen LogP contribution in [0.15, 0.2) is 28.8 Å². The second kappa shape index (κ2) is 6.86. The number of rotatable bonds is 6. The van der Waals surface area contributed by atoms with Crippen LogP contribution in [0.3, 0.4) is 0 Å². The highest BCUT2D eigenvalue weighted by Crippen LogP contribution is 2.42. The number of aromatic nitrogens is 2. The third kappa shape index (κ3) is 3.61. The predicted molar refractivity (Wildman–Crippen MR) is 91.9 cm³/mol. The zero-order valence-electron chi connectivity index (χ0n) is 14.9. The molecule has 0 spiro atoms. The lowest BCUT2D eigenvalue weighted by Crippen LogP contribution is -2.35. The van der Waals surface area contributed by atoms with Gasteiger partial charge in [0.2, 0.25) is 0 Å². The van der Waals surface area contributed by atoms with Gasteiger partial charge in [0.25, 0.3) is 0 Å². The second-order valence-corrected chi connectivity index (χ2v) is 7.44. The maximum Gasteiger partial charge on any atom is 0.133 e. The van der Waals surface area contributed by atoms with E-state index in [4.69, 9.17) is 14.0 Å². The summed E-state index contributed by atoms with van der Waals surface area (Å²) in [5.74, 6) is 1.38. The van der Waals surface area contributed by atoms with Gasteiger partial charge in [-0.3, -0.25) is 9.88 Å². The first-order chi connectivity index (χ1) is 12.1. The van der Waals surface area contributed by atoms with Gasteiger partial charge in [0, 0.05) is 42.7 Å². The van der Waals surface area contributed by atoms with Crippen LogP contribution in [0.5, 0.6) is 0 Å². The van der Waals surface area contributed by atoms with Gasteiger partial charge in [0.05, 0.1) is 37.8 Å². The Morgan fingerprint density at radius 2 is 2.24 bits per heavy atom. The molecular formula is C19H25N3O3. The minimum absolute atomic E-state index is 0.0859. The van der Waals surface area contributed by atoms with Crippen LogP contribution in [0.25, 0.3) is 0 Å². The van der Waals surface area contributed by atoms with Crippen molar-refractivity contribution in [2.75, 3.05) is 32.9 Å². The Morgan fingerprint density at radius 1 is 1.32 bits per heavy atom. The number of ether oxygens (including phenoxy) is 2. The fraction of sp³-hybridized carbons (Fsp3) is 0.579. The van der Waals surface area contributed by atoms with Gasteiger partial charge in [-0.05, 0) is 26.0 Å². The molecule has 2 aromatic heterocycles. The van der Waals surface area contributed by atoms with Crippen molar-refractivity contribution in [3.05, 3.63) is 47.1 Å². The molecular weight excluding hydrogens is 318 g/mol. The zero-order valence-corrected chi connectivity index (χ0v) is 14.9. The van der Waals surface area contributed by atoms with Crippen LogP contribution in [-0.2, 0) is 22.6 Å². The summed E-state index contributed by atoms with van der Waals surface area (Å²) < 4.78 is 17.0. The summed E-state index contributed by atoms with van der Waals surface area (Å²) in [6.45, 7) is 9.62. The van der Waals surface area contributed by atoms with Crippen LogP contribution >= 0.6 is 0 Å². The van der Waals surface area contributed by atoms with E-state index >= 15 is 0 Å². The maximum atomic E-state index is 6.06. The summed E-state index contributed by atoms with van der Waals surface area (Å²) in [5.41, 5.74) is 3.09. The number of hydrogen-bond donors (Lipinski definition) is 0. The third-order valence-electron chi connectivity index (χ3n) is 5.24. The van der Waals surface area contributed by atoms with Crippen molar-refractivity contribution in [1.29, 1.82) is 0 Å².